The summed E-state index contributed by atoms with van der Waals surface area (Å²) in [5, 5.41) is 12.7. The molecule has 2 atom stereocenters. The summed E-state index contributed by atoms with van der Waals surface area (Å²) >= 11 is 0. The predicted octanol–water partition coefficient (Wildman–Crippen LogP) is 1.63. The normalized spacial score (nSPS) is 19.5. The van der Waals surface area contributed by atoms with E-state index >= 15 is 0 Å². The van der Waals surface area contributed by atoms with E-state index in [0.29, 0.717) is 66.1 Å². The van der Waals surface area contributed by atoms with Crippen LogP contribution < -0.4 is 20.9 Å². The van der Waals surface area contributed by atoms with Crippen LogP contribution >= 0.6 is 0 Å². The van der Waals surface area contributed by atoms with E-state index in [1.165, 1.54) is 24.8 Å². The van der Waals surface area contributed by atoms with Gasteiger partial charge in [-0.15, -0.1) is 0 Å². The van der Waals surface area contributed by atoms with Crippen LogP contribution in [0.1, 0.15) is 32.2 Å². The van der Waals surface area contributed by atoms with Crippen LogP contribution in [0.3, 0.4) is 0 Å². The van der Waals surface area contributed by atoms with Crippen LogP contribution in [-0.2, 0) is 14.3 Å². The molecule has 214 valence electrons. The number of nitrogens with one attached hydrogen (secondary N) is 3. The van der Waals surface area contributed by atoms with Gasteiger partial charge in [-0.1, -0.05) is 19.4 Å². The Hall–Kier alpha value is -4.14. The van der Waals surface area contributed by atoms with Gasteiger partial charge in [-0.25, -0.2) is 9.67 Å². The average Bonchev–Trinajstić information content (AvgIpc) is 3.63. The molecule has 2 aliphatic rings. The van der Waals surface area contributed by atoms with Crippen LogP contribution in [0.15, 0.2) is 31.4 Å². The van der Waals surface area contributed by atoms with Crippen molar-refractivity contribution in [3.05, 3.63) is 31.4 Å². The van der Waals surface area contributed by atoms with Gasteiger partial charge < -0.3 is 25.6 Å². The number of carbonyl (C=O) groups excluding carboxylic acids is 2. The maximum absolute atomic E-state index is 13.1. The van der Waals surface area contributed by atoms with Crippen molar-refractivity contribution in [2.75, 3.05) is 49.6 Å². The molecule has 0 unspecified atom stereocenters. The molecule has 5 rings (SSSR count). The standard InChI is InChI=1S/C25H32F2N10O3/c1-2-19(38)28-11-16-5-3-4-6-18(16)32-20(39)13-29-22-21-23(34-25(33-22)35-7-9-40-10-8-35)36(15-30-21)17-12-31-37(14-17)24(26)27/h2,12,14-16,18,24H,1,3-11,13H2,(H,28,38)(H,32,39)(H,29,33,34)/t16-,18-/m1/s1. The van der Waals surface area contributed by atoms with E-state index in [0.717, 1.165) is 25.7 Å². The molecule has 15 heteroatoms. The highest BCUT2D eigenvalue weighted by Gasteiger charge is 2.27. The first kappa shape index (κ1) is 27.4. The number of halogens is 2. The molecule has 3 aromatic rings. The number of alkyl halides is 2. The molecule has 0 radical (unpaired) electrons. The first-order valence-corrected chi connectivity index (χ1v) is 13.3. The van der Waals surface area contributed by atoms with Crippen molar-refractivity contribution in [2.45, 2.75) is 38.3 Å². The zero-order valence-corrected chi connectivity index (χ0v) is 21.9. The Morgan fingerprint density at radius 3 is 2.75 bits per heavy atom. The predicted molar refractivity (Wildman–Crippen MR) is 142 cm³/mol. The first-order chi connectivity index (χ1) is 19.4. The highest BCUT2D eigenvalue weighted by Crippen LogP contribution is 2.27. The van der Waals surface area contributed by atoms with Gasteiger partial charge in [-0.05, 0) is 24.8 Å². The second-order valence-corrected chi connectivity index (χ2v) is 9.74. The molecule has 0 spiro atoms. The van der Waals surface area contributed by atoms with Gasteiger partial charge in [0.15, 0.2) is 17.0 Å². The number of ether oxygens (including phenoxy) is 1. The van der Waals surface area contributed by atoms with Gasteiger partial charge in [0, 0.05) is 25.7 Å². The molecular weight excluding hydrogens is 526 g/mol. The van der Waals surface area contributed by atoms with E-state index in [1.807, 2.05) is 4.90 Å². The minimum atomic E-state index is -2.78. The number of amides is 2. The van der Waals surface area contributed by atoms with E-state index in [-0.39, 0.29) is 30.3 Å². The van der Waals surface area contributed by atoms with Gasteiger partial charge in [0.05, 0.1) is 37.8 Å². The maximum Gasteiger partial charge on any atom is 0.333 e. The van der Waals surface area contributed by atoms with Crippen LogP contribution in [0.4, 0.5) is 20.5 Å². The highest BCUT2D eigenvalue weighted by atomic mass is 19.3. The Labute approximate surface area is 229 Å². The Bertz CT molecular complexity index is 1350. The third-order valence-electron chi connectivity index (χ3n) is 7.14. The average molecular weight is 559 g/mol. The number of hydrogen-bond donors (Lipinski definition) is 3. The van der Waals surface area contributed by atoms with Crippen LogP contribution in [0.2, 0.25) is 0 Å². The largest absolute Gasteiger partial charge is 0.378 e. The van der Waals surface area contributed by atoms with Crippen LogP contribution in [0.5, 0.6) is 0 Å². The van der Waals surface area contributed by atoms with Crippen molar-refractivity contribution in [2.24, 2.45) is 5.92 Å². The van der Waals surface area contributed by atoms with Crippen molar-refractivity contribution in [3.8, 4) is 5.69 Å². The van der Waals surface area contributed by atoms with Gasteiger partial charge in [0.2, 0.25) is 17.8 Å². The molecule has 2 fully saturated rings. The number of fused-ring (bicyclic) bond motifs is 1. The quantitative estimate of drug-likeness (QED) is 0.316. The van der Waals surface area contributed by atoms with E-state index in [1.54, 1.807) is 4.57 Å². The molecule has 13 nitrogen and oxygen atoms in total. The second kappa shape index (κ2) is 12.4. The SMILES string of the molecule is C=CC(=O)NC[C@H]1CCCC[C@H]1NC(=O)CNc1nc(N2CCOCC2)nc2c1ncn2-c1cnn(C(F)F)c1. The summed E-state index contributed by atoms with van der Waals surface area (Å²) in [6.45, 7) is 3.30. The van der Waals surface area contributed by atoms with Gasteiger partial charge in [0.25, 0.3) is 0 Å². The van der Waals surface area contributed by atoms with Crippen LogP contribution in [-0.4, -0.2) is 86.5 Å². The number of hydrogen-bond acceptors (Lipinski definition) is 9. The van der Waals surface area contributed by atoms with E-state index in [2.05, 4.69) is 42.6 Å². The molecule has 3 N–H and O–H groups in total. The molecule has 0 aromatic carbocycles. The van der Waals surface area contributed by atoms with Crippen molar-refractivity contribution >= 4 is 34.7 Å². The summed E-state index contributed by atoms with van der Waals surface area (Å²) in [5.74, 6) is 0.434. The summed E-state index contributed by atoms with van der Waals surface area (Å²) in [6.07, 6.45) is 9.00. The maximum atomic E-state index is 13.1. The number of rotatable bonds is 10. The lowest BCUT2D eigenvalue weighted by Crippen LogP contribution is -2.47. The monoisotopic (exact) mass is 558 g/mol. The molecule has 2 amide bonds. The first-order valence-electron chi connectivity index (χ1n) is 13.3. The van der Waals surface area contributed by atoms with Gasteiger partial charge in [0.1, 0.15) is 6.33 Å². The molecule has 40 heavy (non-hydrogen) atoms. The molecule has 1 saturated carbocycles. The lowest BCUT2D eigenvalue weighted by atomic mass is 9.84. The number of nitrogens with zero attached hydrogens (tertiary/aromatic N) is 7. The third kappa shape index (κ3) is 6.19. The summed E-state index contributed by atoms with van der Waals surface area (Å²) in [6, 6.07) is -0.0620. The Kier molecular flexibility index (Phi) is 8.48. The Morgan fingerprint density at radius 2 is 2.00 bits per heavy atom. The van der Waals surface area contributed by atoms with Crippen molar-refractivity contribution < 1.29 is 23.1 Å². The van der Waals surface area contributed by atoms with Crippen molar-refractivity contribution in [1.82, 2.24) is 39.9 Å². The minimum Gasteiger partial charge on any atom is -0.378 e. The topological polar surface area (TPSA) is 144 Å². The molecule has 1 aliphatic heterocycles. The van der Waals surface area contributed by atoms with Gasteiger partial charge in [-0.3, -0.25) is 14.2 Å². The molecule has 1 saturated heterocycles. The minimum absolute atomic E-state index is 0.0620. The fourth-order valence-electron chi connectivity index (χ4n) is 5.03. The number of carbonyl (C=O) groups is 2. The number of aromatic nitrogens is 6. The third-order valence-corrected chi connectivity index (χ3v) is 7.14. The van der Waals surface area contributed by atoms with Crippen LogP contribution in [0.25, 0.3) is 16.9 Å². The summed E-state index contributed by atoms with van der Waals surface area (Å²) in [5.41, 5.74) is 1.14. The molecule has 1 aliphatic carbocycles. The smallest absolute Gasteiger partial charge is 0.333 e. The number of morpholine rings is 1. The second-order valence-electron chi connectivity index (χ2n) is 9.74. The number of imidazole rings is 1. The zero-order chi connectivity index (χ0) is 28.1. The number of anilines is 2. The highest BCUT2D eigenvalue weighted by molar-refractivity contribution is 5.88. The van der Waals surface area contributed by atoms with Crippen molar-refractivity contribution in [1.29, 1.82) is 0 Å². The van der Waals surface area contributed by atoms with E-state index in [4.69, 9.17) is 4.74 Å². The molecule has 3 aromatic heterocycles. The Balaban J connectivity index is 1.35. The van der Waals surface area contributed by atoms with E-state index in [9.17, 15) is 18.4 Å². The summed E-state index contributed by atoms with van der Waals surface area (Å²) in [7, 11) is 0. The lowest BCUT2D eigenvalue weighted by Gasteiger charge is -2.32. The van der Waals surface area contributed by atoms with Crippen molar-refractivity contribution in [3.63, 3.8) is 0 Å². The molecular formula is C25H32F2N10O3. The fourth-order valence-corrected chi connectivity index (χ4v) is 5.03. The van der Waals surface area contributed by atoms with Gasteiger partial charge >= 0.3 is 6.55 Å². The van der Waals surface area contributed by atoms with Crippen LogP contribution in [0, 0.1) is 5.92 Å². The lowest BCUT2D eigenvalue weighted by molar-refractivity contribution is -0.120. The molecule has 0 bridgehead atoms. The summed E-state index contributed by atoms with van der Waals surface area (Å²) < 4.78 is 33.8. The van der Waals surface area contributed by atoms with Gasteiger partial charge in [-0.2, -0.15) is 23.8 Å². The Morgan fingerprint density at radius 1 is 1.20 bits per heavy atom. The zero-order valence-electron chi connectivity index (χ0n) is 21.9. The molecule has 4 heterocycles. The summed E-state index contributed by atoms with van der Waals surface area (Å²) in [4.78, 5) is 40.3. The van der Waals surface area contributed by atoms with E-state index < -0.39 is 6.55 Å². The fraction of sp³-hybridized carbons (Fsp3) is 0.520.